The molecule has 0 radical (unpaired) electrons. The number of hydrogen-bond donors (Lipinski definition) is 1. The highest BCUT2D eigenvalue weighted by Crippen LogP contribution is 2.27. The number of amides is 1. The molecule has 2 aromatic rings. The second-order valence-corrected chi connectivity index (χ2v) is 5.33. The minimum absolute atomic E-state index is 0.0690. The van der Waals surface area contributed by atoms with E-state index in [1.54, 1.807) is 13.0 Å². The third-order valence-electron chi connectivity index (χ3n) is 3.72. The number of rotatable bonds is 4. The molecule has 3 heteroatoms. The van der Waals surface area contributed by atoms with E-state index in [1.165, 1.54) is 12.1 Å². The summed E-state index contributed by atoms with van der Waals surface area (Å²) in [5, 5.41) is 2.82. The molecule has 0 aliphatic carbocycles. The van der Waals surface area contributed by atoms with Gasteiger partial charge in [-0.15, -0.1) is 0 Å². The van der Waals surface area contributed by atoms with Crippen LogP contribution in [0.25, 0.3) is 0 Å². The van der Waals surface area contributed by atoms with Gasteiger partial charge in [0.05, 0.1) is 5.56 Å². The minimum atomic E-state index is -0.492. The summed E-state index contributed by atoms with van der Waals surface area (Å²) in [6.07, 6.45) is 0.978. The molecule has 1 unspecified atom stereocenters. The lowest BCUT2D eigenvalue weighted by molar-refractivity contribution is 0.102. The Bertz CT molecular complexity index is 651. The summed E-state index contributed by atoms with van der Waals surface area (Å²) in [6, 6.07) is 12.3. The Labute approximate surface area is 125 Å². The van der Waals surface area contributed by atoms with E-state index in [9.17, 15) is 9.18 Å². The fourth-order valence-electron chi connectivity index (χ4n) is 2.25. The number of anilines is 1. The number of aryl methyl sites for hydroxylation is 1. The lowest BCUT2D eigenvalue weighted by Crippen LogP contribution is -2.15. The molecule has 1 atom stereocenters. The molecule has 0 aromatic heterocycles. The summed E-state index contributed by atoms with van der Waals surface area (Å²) < 4.78 is 13.9. The van der Waals surface area contributed by atoms with E-state index in [0.29, 0.717) is 5.92 Å². The summed E-state index contributed by atoms with van der Waals surface area (Å²) in [5.41, 5.74) is 2.68. The monoisotopic (exact) mass is 285 g/mol. The first-order valence-electron chi connectivity index (χ1n) is 7.19. The minimum Gasteiger partial charge on any atom is -0.322 e. The molecule has 0 aliphatic heterocycles. The maximum atomic E-state index is 13.9. The van der Waals surface area contributed by atoms with E-state index in [2.05, 4.69) is 19.2 Å². The van der Waals surface area contributed by atoms with E-state index in [0.717, 1.165) is 23.2 Å². The van der Waals surface area contributed by atoms with Crippen LogP contribution in [0.4, 0.5) is 10.1 Å². The average molecular weight is 285 g/mol. The van der Waals surface area contributed by atoms with Crippen LogP contribution in [0.3, 0.4) is 0 Å². The number of nitrogens with one attached hydrogen (secondary N) is 1. The van der Waals surface area contributed by atoms with Crippen molar-refractivity contribution in [3.05, 3.63) is 65.0 Å². The average Bonchev–Trinajstić information content (AvgIpc) is 2.46. The predicted octanol–water partition coefficient (Wildman–Crippen LogP) is 4.90. The molecule has 2 nitrogen and oxygen atoms in total. The van der Waals surface area contributed by atoms with Crippen LogP contribution >= 0.6 is 0 Å². The van der Waals surface area contributed by atoms with Gasteiger partial charge in [0.25, 0.3) is 5.91 Å². The lowest BCUT2D eigenvalue weighted by atomic mass is 9.96. The van der Waals surface area contributed by atoms with Crippen LogP contribution in [0.1, 0.15) is 47.7 Å². The van der Waals surface area contributed by atoms with E-state index >= 15 is 0 Å². The Morgan fingerprint density at radius 2 is 1.95 bits per heavy atom. The molecule has 0 saturated heterocycles. The van der Waals surface area contributed by atoms with Crippen molar-refractivity contribution in [2.45, 2.75) is 33.1 Å². The second kappa shape index (κ2) is 6.53. The van der Waals surface area contributed by atoms with Gasteiger partial charge < -0.3 is 5.32 Å². The molecule has 2 rings (SSSR count). The van der Waals surface area contributed by atoms with Crippen LogP contribution in [0, 0.1) is 12.7 Å². The standard InChI is InChI=1S/C18H20FNO/c1-4-13(3)14-7-5-6-8-17(14)20-18(21)15-10-9-12(2)11-16(15)19/h5-11,13H,4H2,1-3H3,(H,20,21). The third-order valence-corrected chi connectivity index (χ3v) is 3.72. The first-order valence-corrected chi connectivity index (χ1v) is 7.19. The summed E-state index contributed by atoms with van der Waals surface area (Å²) >= 11 is 0. The molecular formula is C18H20FNO. The number of benzene rings is 2. The SMILES string of the molecule is CCC(C)c1ccccc1NC(=O)c1ccc(C)cc1F. The van der Waals surface area contributed by atoms with E-state index in [-0.39, 0.29) is 5.56 Å². The van der Waals surface area contributed by atoms with Crippen molar-refractivity contribution in [3.8, 4) is 0 Å². The summed E-state index contributed by atoms with van der Waals surface area (Å²) in [5.74, 6) is -0.568. The molecule has 21 heavy (non-hydrogen) atoms. The fraction of sp³-hybridized carbons (Fsp3) is 0.278. The summed E-state index contributed by atoms with van der Waals surface area (Å²) in [7, 11) is 0. The number of para-hydroxylation sites is 1. The van der Waals surface area contributed by atoms with Gasteiger partial charge in [-0.25, -0.2) is 4.39 Å². The van der Waals surface area contributed by atoms with Crippen molar-refractivity contribution in [3.63, 3.8) is 0 Å². The molecule has 0 spiro atoms. The van der Waals surface area contributed by atoms with Crippen molar-refractivity contribution in [1.29, 1.82) is 0 Å². The Morgan fingerprint density at radius 1 is 1.24 bits per heavy atom. The van der Waals surface area contributed by atoms with Gasteiger partial charge >= 0.3 is 0 Å². The zero-order valence-electron chi connectivity index (χ0n) is 12.6. The number of hydrogen-bond acceptors (Lipinski definition) is 1. The number of halogens is 1. The predicted molar refractivity (Wildman–Crippen MR) is 84.2 cm³/mol. The Kier molecular flexibility index (Phi) is 4.73. The maximum absolute atomic E-state index is 13.9. The van der Waals surface area contributed by atoms with Crippen LogP contribution in [0.2, 0.25) is 0 Å². The largest absolute Gasteiger partial charge is 0.322 e. The van der Waals surface area contributed by atoms with Crippen molar-refractivity contribution >= 4 is 11.6 Å². The molecule has 1 amide bonds. The van der Waals surface area contributed by atoms with Gasteiger partial charge in [0.2, 0.25) is 0 Å². The molecule has 2 aromatic carbocycles. The van der Waals surface area contributed by atoms with Gasteiger partial charge in [0, 0.05) is 5.69 Å². The zero-order valence-corrected chi connectivity index (χ0v) is 12.6. The van der Waals surface area contributed by atoms with E-state index in [4.69, 9.17) is 0 Å². The summed E-state index contributed by atoms with van der Waals surface area (Å²) in [4.78, 5) is 12.3. The quantitative estimate of drug-likeness (QED) is 0.850. The molecule has 1 N–H and O–H groups in total. The fourth-order valence-corrected chi connectivity index (χ4v) is 2.25. The zero-order chi connectivity index (χ0) is 15.4. The van der Waals surface area contributed by atoms with E-state index < -0.39 is 11.7 Å². The van der Waals surface area contributed by atoms with Crippen molar-refractivity contribution in [2.24, 2.45) is 0 Å². The topological polar surface area (TPSA) is 29.1 Å². The highest BCUT2D eigenvalue weighted by Gasteiger charge is 2.15. The molecule has 0 aliphatic rings. The number of carbonyl (C=O) groups is 1. The Hall–Kier alpha value is -2.16. The normalized spacial score (nSPS) is 12.0. The number of carbonyl (C=O) groups excluding carboxylic acids is 1. The molecule has 0 fully saturated rings. The van der Waals surface area contributed by atoms with Gasteiger partial charge in [-0.05, 0) is 48.6 Å². The Balaban J connectivity index is 2.28. The van der Waals surface area contributed by atoms with Gasteiger partial charge in [0.15, 0.2) is 0 Å². The summed E-state index contributed by atoms with van der Waals surface area (Å²) in [6.45, 7) is 6.00. The molecular weight excluding hydrogens is 265 g/mol. The molecule has 0 saturated carbocycles. The smallest absolute Gasteiger partial charge is 0.258 e. The second-order valence-electron chi connectivity index (χ2n) is 5.33. The van der Waals surface area contributed by atoms with Gasteiger partial charge in [-0.3, -0.25) is 4.79 Å². The maximum Gasteiger partial charge on any atom is 0.258 e. The van der Waals surface area contributed by atoms with Crippen LogP contribution in [-0.4, -0.2) is 5.91 Å². The molecule has 110 valence electrons. The van der Waals surface area contributed by atoms with Gasteiger partial charge in [-0.1, -0.05) is 38.1 Å². The lowest BCUT2D eigenvalue weighted by Gasteiger charge is -2.15. The van der Waals surface area contributed by atoms with Crippen LogP contribution in [0.5, 0.6) is 0 Å². The first-order chi connectivity index (χ1) is 10.0. The van der Waals surface area contributed by atoms with Crippen molar-refractivity contribution in [1.82, 2.24) is 0 Å². The molecule has 0 bridgehead atoms. The van der Waals surface area contributed by atoms with Gasteiger partial charge in [0.1, 0.15) is 5.82 Å². The van der Waals surface area contributed by atoms with Crippen molar-refractivity contribution < 1.29 is 9.18 Å². The van der Waals surface area contributed by atoms with Crippen LogP contribution in [0.15, 0.2) is 42.5 Å². The third kappa shape index (κ3) is 3.48. The highest BCUT2D eigenvalue weighted by atomic mass is 19.1. The van der Waals surface area contributed by atoms with Gasteiger partial charge in [-0.2, -0.15) is 0 Å². The van der Waals surface area contributed by atoms with Crippen LogP contribution < -0.4 is 5.32 Å². The Morgan fingerprint density at radius 3 is 2.62 bits per heavy atom. The highest BCUT2D eigenvalue weighted by molar-refractivity contribution is 6.04. The first kappa shape index (κ1) is 15.2. The van der Waals surface area contributed by atoms with E-state index in [1.807, 2.05) is 24.3 Å². The van der Waals surface area contributed by atoms with Crippen molar-refractivity contribution in [2.75, 3.05) is 5.32 Å². The molecule has 0 heterocycles. The van der Waals surface area contributed by atoms with Crippen LogP contribution in [-0.2, 0) is 0 Å².